The highest BCUT2D eigenvalue weighted by atomic mass is 16.5. The normalized spacial score (nSPS) is 10.6. The minimum Gasteiger partial charge on any atom is -0.392 e. The first-order valence-corrected chi connectivity index (χ1v) is 8.25. The summed E-state index contributed by atoms with van der Waals surface area (Å²) in [7, 11) is 0. The minimum atomic E-state index is 0.0164. The minimum absolute atomic E-state index is 0.0164. The number of hydrogen-bond donors (Lipinski definition) is 1. The number of nitrogens with zero attached hydrogens (tertiary/aromatic N) is 2. The lowest BCUT2D eigenvalue weighted by atomic mass is 9.83. The fraction of sp³-hybridized carbons (Fsp3) is 0.333. The Morgan fingerprint density at radius 2 is 1.68 bits per heavy atom. The van der Waals surface area contributed by atoms with Gasteiger partial charge in [-0.3, -0.25) is 0 Å². The Kier molecular flexibility index (Phi) is 8.75. The van der Waals surface area contributed by atoms with E-state index in [-0.39, 0.29) is 12.0 Å². The van der Waals surface area contributed by atoms with Crippen molar-refractivity contribution in [2.24, 2.45) is 0 Å². The van der Waals surface area contributed by atoms with Gasteiger partial charge in [0.15, 0.2) is 5.82 Å². The SMILES string of the molecule is C=CCOCC=C.CC(C)(C)c1ccc(CO)cc1-c1ncccn1. The maximum Gasteiger partial charge on any atom is 0.159 e. The predicted octanol–water partition coefficient (Wildman–Crippen LogP) is 4.31. The van der Waals surface area contributed by atoms with Gasteiger partial charge in [-0.1, -0.05) is 45.1 Å². The number of aliphatic hydroxyl groups is 1. The van der Waals surface area contributed by atoms with Gasteiger partial charge in [0.05, 0.1) is 19.8 Å². The number of aliphatic hydroxyl groups excluding tert-OH is 1. The summed E-state index contributed by atoms with van der Waals surface area (Å²) in [5, 5.41) is 9.26. The van der Waals surface area contributed by atoms with Gasteiger partial charge in [0.25, 0.3) is 0 Å². The molecule has 1 aromatic heterocycles. The van der Waals surface area contributed by atoms with Gasteiger partial charge >= 0.3 is 0 Å². The van der Waals surface area contributed by atoms with Gasteiger partial charge in [0.1, 0.15) is 0 Å². The first kappa shape index (κ1) is 20.7. The van der Waals surface area contributed by atoms with E-state index in [2.05, 4.69) is 50.0 Å². The van der Waals surface area contributed by atoms with E-state index >= 15 is 0 Å². The van der Waals surface area contributed by atoms with Crippen LogP contribution >= 0.6 is 0 Å². The fourth-order valence-corrected chi connectivity index (χ4v) is 2.20. The summed E-state index contributed by atoms with van der Waals surface area (Å²) < 4.78 is 4.90. The van der Waals surface area contributed by atoms with Crippen LogP contribution in [0, 0.1) is 0 Å². The zero-order valence-corrected chi connectivity index (χ0v) is 15.4. The van der Waals surface area contributed by atoms with E-state index in [1.165, 1.54) is 5.56 Å². The molecule has 0 unspecified atom stereocenters. The van der Waals surface area contributed by atoms with Crippen LogP contribution in [-0.4, -0.2) is 28.3 Å². The van der Waals surface area contributed by atoms with Gasteiger partial charge in [-0.15, -0.1) is 13.2 Å². The highest BCUT2D eigenvalue weighted by molar-refractivity contribution is 5.63. The molecule has 0 aliphatic rings. The topological polar surface area (TPSA) is 55.2 Å². The Morgan fingerprint density at radius 1 is 1.08 bits per heavy atom. The molecule has 2 aromatic rings. The Morgan fingerprint density at radius 3 is 2.16 bits per heavy atom. The van der Waals surface area contributed by atoms with Crippen LogP contribution in [0.5, 0.6) is 0 Å². The van der Waals surface area contributed by atoms with Gasteiger partial charge in [0.2, 0.25) is 0 Å². The summed E-state index contributed by atoms with van der Waals surface area (Å²) in [6.07, 6.45) is 6.90. The van der Waals surface area contributed by atoms with Crippen LogP contribution in [0.4, 0.5) is 0 Å². The smallest absolute Gasteiger partial charge is 0.159 e. The summed E-state index contributed by atoms with van der Waals surface area (Å²) >= 11 is 0. The van der Waals surface area contributed by atoms with Crippen molar-refractivity contribution in [2.75, 3.05) is 13.2 Å². The third kappa shape index (κ3) is 6.99. The first-order chi connectivity index (χ1) is 11.9. The lowest BCUT2D eigenvalue weighted by molar-refractivity contribution is 0.194. The van der Waals surface area contributed by atoms with Crippen molar-refractivity contribution in [3.8, 4) is 11.4 Å². The van der Waals surface area contributed by atoms with Crippen molar-refractivity contribution in [3.05, 3.63) is 73.1 Å². The molecule has 0 bridgehead atoms. The lowest BCUT2D eigenvalue weighted by Gasteiger charge is -2.22. The molecule has 4 nitrogen and oxygen atoms in total. The molecule has 0 aliphatic carbocycles. The molecule has 0 radical (unpaired) electrons. The van der Waals surface area contributed by atoms with Crippen LogP contribution in [0.3, 0.4) is 0 Å². The molecular weight excluding hydrogens is 312 g/mol. The second kappa shape index (κ2) is 10.5. The third-order valence-corrected chi connectivity index (χ3v) is 3.35. The second-order valence-corrected chi connectivity index (χ2v) is 6.48. The van der Waals surface area contributed by atoms with Crippen LogP contribution in [-0.2, 0) is 16.8 Å². The van der Waals surface area contributed by atoms with E-state index < -0.39 is 0 Å². The molecule has 0 saturated heterocycles. The maximum absolute atomic E-state index is 9.26. The maximum atomic E-state index is 9.26. The highest BCUT2D eigenvalue weighted by Gasteiger charge is 2.20. The summed E-state index contributed by atoms with van der Waals surface area (Å²) in [6.45, 7) is 14.7. The molecule has 134 valence electrons. The quantitative estimate of drug-likeness (QED) is 0.629. The van der Waals surface area contributed by atoms with Crippen molar-refractivity contribution in [1.82, 2.24) is 9.97 Å². The summed E-state index contributed by atoms with van der Waals surface area (Å²) in [6, 6.07) is 7.77. The average molecular weight is 340 g/mol. The first-order valence-electron chi connectivity index (χ1n) is 8.25. The van der Waals surface area contributed by atoms with Crippen LogP contribution < -0.4 is 0 Å². The monoisotopic (exact) mass is 340 g/mol. The molecule has 0 aliphatic heterocycles. The zero-order chi connectivity index (χ0) is 18.7. The Labute approximate surface area is 150 Å². The standard InChI is InChI=1S/C15H18N2O.C6H10O/c1-15(2,3)13-6-5-11(10-18)9-12(13)14-16-7-4-8-17-14;1-3-5-7-6-4-2/h4-9,18H,10H2,1-3H3;3-4H,1-2,5-6H2. The van der Waals surface area contributed by atoms with Gasteiger partial charge < -0.3 is 9.84 Å². The van der Waals surface area contributed by atoms with E-state index in [4.69, 9.17) is 4.74 Å². The van der Waals surface area contributed by atoms with Crippen molar-refractivity contribution in [1.29, 1.82) is 0 Å². The van der Waals surface area contributed by atoms with Gasteiger partial charge in [-0.2, -0.15) is 0 Å². The van der Waals surface area contributed by atoms with Crippen LogP contribution in [0.2, 0.25) is 0 Å². The molecule has 4 heteroatoms. The molecule has 1 aromatic carbocycles. The number of hydrogen-bond acceptors (Lipinski definition) is 4. The van der Waals surface area contributed by atoms with Crippen molar-refractivity contribution < 1.29 is 9.84 Å². The number of rotatable bonds is 6. The Bertz CT molecular complexity index is 653. The van der Waals surface area contributed by atoms with E-state index in [1.807, 2.05) is 12.1 Å². The lowest BCUT2D eigenvalue weighted by Crippen LogP contribution is -2.13. The van der Waals surface area contributed by atoms with E-state index in [0.717, 1.165) is 11.1 Å². The van der Waals surface area contributed by atoms with Gasteiger partial charge in [0, 0.05) is 18.0 Å². The molecule has 0 saturated carbocycles. The molecular formula is C21H28N2O2. The summed E-state index contributed by atoms with van der Waals surface area (Å²) in [5.74, 6) is 0.706. The van der Waals surface area contributed by atoms with Crippen LogP contribution in [0.15, 0.2) is 62.0 Å². The molecule has 0 amide bonds. The molecule has 0 fully saturated rings. The van der Waals surface area contributed by atoms with Crippen LogP contribution in [0.25, 0.3) is 11.4 Å². The molecule has 1 heterocycles. The fourth-order valence-electron chi connectivity index (χ4n) is 2.20. The Hall–Kier alpha value is -2.30. The summed E-state index contributed by atoms with van der Waals surface area (Å²) in [4.78, 5) is 8.61. The molecule has 25 heavy (non-hydrogen) atoms. The number of benzene rings is 1. The van der Waals surface area contributed by atoms with E-state index in [9.17, 15) is 5.11 Å². The van der Waals surface area contributed by atoms with Crippen molar-refractivity contribution >= 4 is 0 Å². The largest absolute Gasteiger partial charge is 0.392 e. The van der Waals surface area contributed by atoms with Crippen LogP contribution in [0.1, 0.15) is 31.9 Å². The van der Waals surface area contributed by atoms with Crippen molar-refractivity contribution in [2.45, 2.75) is 32.8 Å². The van der Waals surface area contributed by atoms with Gasteiger partial charge in [-0.25, -0.2) is 9.97 Å². The number of aromatic nitrogens is 2. The highest BCUT2D eigenvalue weighted by Crippen LogP contribution is 2.31. The molecule has 1 N–H and O–H groups in total. The molecule has 0 atom stereocenters. The van der Waals surface area contributed by atoms with Crippen molar-refractivity contribution in [3.63, 3.8) is 0 Å². The molecule has 0 spiro atoms. The third-order valence-electron chi connectivity index (χ3n) is 3.35. The zero-order valence-electron chi connectivity index (χ0n) is 15.4. The molecule has 2 rings (SSSR count). The van der Waals surface area contributed by atoms with E-state index in [1.54, 1.807) is 30.6 Å². The summed E-state index contributed by atoms with van der Waals surface area (Å²) in [5.41, 5.74) is 3.08. The predicted molar refractivity (Wildman–Crippen MR) is 103 cm³/mol. The van der Waals surface area contributed by atoms with Gasteiger partial charge in [-0.05, 0) is 28.7 Å². The average Bonchev–Trinajstić information content (AvgIpc) is 2.62. The second-order valence-electron chi connectivity index (χ2n) is 6.48. The Balaban J connectivity index is 0.000000381. The number of ether oxygens (including phenoxy) is 1. The van der Waals surface area contributed by atoms with E-state index in [0.29, 0.717) is 19.0 Å².